The van der Waals surface area contributed by atoms with Crippen molar-refractivity contribution in [2.75, 3.05) is 25.6 Å². The maximum absolute atomic E-state index is 5.46. The second-order valence-corrected chi connectivity index (χ2v) is 3.52. The van der Waals surface area contributed by atoms with Gasteiger partial charge in [-0.2, -0.15) is 4.98 Å². The Morgan fingerprint density at radius 2 is 2.00 bits per heavy atom. The van der Waals surface area contributed by atoms with Gasteiger partial charge in [-0.25, -0.2) is 4.98 Å². The SMILES string of the molecule is C=CCOc1nc(C)nc(N(C)C)c1C. The number of ether oxygens (including phenoxy) is 1. The second-order valence-electron chi connectivity index (χ2n) is 3.52. The van der Waals surface area contributed by atoms with Gasteiger partial charge in [0.2, 0.25) is 5.88 Å². The summed E-state index contributed by atoms with van der Waals surface area (Å²) in [4.78, 5) is 10.5. The molecule has 1 aromatic rings. The molecule has 0 saturated heterocycles. The molecule has 0 radical (unpaired) electrons. The molecule has 0 unspecified atom stereocenters. The highest BCUT2D eigenvalue weighted by atomic mass is 16.5. The van der Waals surface area contributed by atoms with Crippen molar-refractivity contribution in [2.45, 2.75) is 13.8 Å². The number of aryl methyl sites for hydroxylation is 1. The van der Waals surface area contributed by atoms with Crippen molar-refractivity contribution in [1.29, 1.82) is 0 Å². The highest BCUT2D eigenvalue weighted by Gasteiger charge is 2.11. The van der Waals surface area contributed by atoms with E-state index in [9.17, 15) is 0 Å². The van der Waals surface area contributed by atoms with Crippen LogP contribution in [0.4, 0.5) is 5.82 Å². The van der Waals surface area contributed by atoms with Crippen LogP contribution in [0.2, 0.25) is 0 Å². The van der Waals surface area contributed by atoms with Gasteiger partial charge in [-0.15, -0.1) is 0 Å². The minimum absolute atomic E-state index is 0.462. The van der Waals surface area contributed by atoms with Gasteiger partial charge in [0.15, 0.2) is 0 Å². The third kappa shape index (κ3) is 2.68. The summed E-state index contributed by atoms with van der Waals surface area (Å²) in [5.41, 5.74) is 0.951. The molecule has 4 nitrogen and oxygen atoms in total. The smallest absolute Gasteiger partial charge is 0.222 e. The molecular weight excluding hydrogens is 190 g/mol. The molecule has 0 aliphatic heterocycles. The van der Waals surface area contributed by atoms with Gasteiger partial charge in [-0.1, -0.05) is 12.7 Å². The highest BCUT2D eigenvalue weighted by Crippen LogP contribution is 2.23. The van der Waals surface area contributed by atoms with Crippen LogP contribution >= 0.6 is 0 Å². The van der Waals surface area contributed by atoms with E-state index in [2.05, 4.69) is 16.5 Å². The molecule has 1 rings (SSSR count). The monoisotopic (exact) mass is 207 g/mol. The summed E-state index contributed by atoms with van der Waals surface area (Å²) in [7, 11) is 3.90. The first-order valence-corrected chi connectivity index (χ1v) is 4.82. The maximum atomic E-state index is 5.46. The fourth-order valence-corrected chi connectivity index (χ4v) is 1.30. The predicted molar refractivity (Wildman–Crippen MR) is 61.5 cm³/mol. The zero-order valence-electron chi connectivity index (χ0n) is 9.74. The molecule has 0 bridgehead atoms. The quantitative estimate of drug-likeness (QED) is 0.705. The van der Waals surface area contributed by atoms with Crippen molar-refractivity contribution in [3.8, 4) is 5.88 Å². The summed E-state index contributed by atoms with van der Waals surface area (Å²) in [6.07, 6.45) is 1.70. The van der Waals surface area contributed by atoms with Crippen molar-refractivity contribution in [1.82, 2.24) is 9.97 Å². The van der Waals surface area contributed by atoms with Crippen molar-refractivity contribution < 1.29 is 4.74 Å². The molecule has 0 atom stereocenters. The molecule has 1 aromatic heterocycles. The van der Waals surface area contributed by atoms with E-state index in [1.807, 2.05) is 32.8 Å². The lowest BCUT2D eigenvalue weighted by Gasteiger charge is -2.16. The molecular formula is C11H17N3O. The normalized spacial score (nSPS) is 9.87. The van der Waals surface area contributed by atoms with E-state index in [0.717, 1.165) is 11.4 Å². The molecule has 0 aliphatic carbocycles. The Hall–Kier alpha value is -1.58. The number of rotatable bonds is 4. The maximum Gasteiger partial charge on any atom is 0.222 e. The topological polar surface area (TPSA) is 38.3 Å². The van der Waals surface area contributed by atoms with Crippen LogP contribution in [0.1, 0.15) is 11.4 Å². The summed E-state index contributed by atoms with van der Waals surface area (Å²) in [6, 6.07) is 0. The van der Waals surface area contributed by atoms with Crippen LogP contribution in [0.5, 0.6) is 5.88 Å². The number of anilines is 1. The van der Waals surface area contributed by atoms with E-state index < -0.39 is 0 Å². The Morgan fingerprint density at radius 3 is 2.53 bits per heavy atom. The number of nitrogens with zero attached hydrogens (tertiary/aromatic N) is 3. The zero-order chi connectivity index (χ0) is 11.4. The van der Waals surface area contributed by atoms with Crippen molar-refractivity contribution in [3.05, 3.63) is 24.0 Å². The Balaban J connectivity index is 3.10. The molecule has 0 fully saturated rings. The Bertz CT molecular complexity index is 361. The molecule has 0 saturated carbocycles. The molecule has 0 aliphatic rings. The van der Waals surface area contributed by atoms with Gasteiger partial charge in [-0.05, 0) is 13.8 Å². The van der Waals surface area contributed by atoms with Crippen LogP contribution < -0.4 is 9.64 Å². The van der Waals surface area contributed by atoms with E-state index >= 15 is 0 Å². The van der Waals surface area contributed by atoms with Gasteiger partial charge in [0, 0.05) is 14.1 Å². The molecule has 1 heterocycles. The van der Waals surface area contributed by atoms with Gasteiger partial charge in [0.25, 0.3) is 0 Å². The van der Waals surface area contributed by atoms with Gasteiger partial charge in [-0.3, -0.25) is 0 Å². The fourth-order valence-electron chi connectivity index (χ4n) is 1.30. The zero-order valence-corrected chi connectivity index (χ0v) is 9.74. The molecule has 0 spiro atoms. The number of aromatic nitrogens is 2. The second kappa shape index (κ2) is 4.77. The number of hydrogen-bond acceptors (Lipinski definition) is 4. The minimum Gasteiger partial charge on any atom is -0.473 e. The minimum atomic E-state index is 0.462. The van der Waals surface area contributed by atoms with E-state index in [-0.39, 0.29) is 0 Å². The summed E-state index contributed by atoms with van der Waals surface area (Å²) < 4.78 is 5.46. The van der Waals surface area contributed by atoms with Gasteiger partial charge >= 0.3 is 0 Å². The fraction of sp³-hybridized carbons (Fsp3) is 0.455. The van der Waals surface area contributed by atoms with Crippen LogP contribution in [-0.2, 0) is 0 Å². The predicted octanol–water partition coefficient (Wildman–Crippen LogP) is 1.72. The average molecular weight is 207 g/mol. The van der Waals surface area contributed by atoms with Gasteiger partial charge in [0.05, 0.1) is 5.56 Å². The first kappa shape index (κ1) is 11.5. The molecule has 0 aromatic carbocycles. The molecule has 4 heteroatoms. The van der Waals surface area contributed by atoms with Crippen LogP contribution in [0.3, 0.4) is 0 Å². The lowest BCUT2D eigenvalue weighted by molar-refractivity contribution is 0.344. The van der Waals surface area contributed by atoms with Gasteiger partial charge in [0.1, 0.15) is 18.2 Å². The summed E-state index contributed by atoms with van der Waals surface area (Å²) in [5.74, 6) is 2.23. The van der Waals surface area contributed by atoms with E-state index in [1.165, 1.54) is 0 Å². The van der Waals surface area contributed by atoms with Crippen LogP contribution in [0.25, 0.3) is 0 Å². The summed E-state index contributed by atoms with van der Waals surface area (Å²) >= 11 is 0. The highest BCUT2D eigenvalue weighted by molar-refractivity contribution is 5.49. The third-order valence-corrected chi connectivity index (χ3v) is 1.95. The van der Waals surface area contributed by atoms with Crippen molar-refractivity contribution in [2.24, 2.45) is 0 Å². The Morgan fingerprint density at radius 1 is 1.33 bits per heavy atom. The number of hydrogen-bond donors (Lipinski definition) is 0. The largest absolute Gasteiger partial charge is 0.473 e. The Labute approximate surface area is 90.6 Å². The van der Waals surface area contributed by atoms with Gasteiger partial charge < -0.3 is 9.64 Å². The van der Waals surface area contributed by atoms with Crippen molar-refractivity contribution >= 4 is 5.82 Å². The van der Waals surface area contributed by atoms with E-state index in [4.69, 9.17) is 4.74 Å². The molecule has 15 heavy (non-hydrogen) atoms. The summed E-state index contributed by atoms with van der Waals surface area (Å²) in [6.45, 7) is 7.87. The molecule has 0 N–H and O–H groups in total. The van der Waals surface area contributed by atoms with Crippen LogP contribution in [-0.4, -0.2) is 30.7 Å². The summed E-state index contributed by atoms with van der Waals surface area (Å²) in [5, 5.41) is 0. The first-order chi connectivity index (χ1) is 7.06. The first-order valence-electron chi connectivity index (χ1n) is 4.82. The van der Waals surface area contributed by atoms with Crippen molar-refractivity contribution in [3.63, 3.8) is 0 Å². The standard InChI is InChI=1S/C11H17N3O/c1-6-7-15-11-8(2)10(14(4)5)12-9(3)13-11/h6H,1,7H2,2-5H3. The average Bonchev–Trinajstić information content (AvgIpc) is 2.18. The Kier molecular flexibility index (Phi) is 3.66. The third-order valence-electron chi connectivity index (χ3n) is 1.95. The molecule has 82 valence electrons. The lowest BCUT2D eigenvalue weighted by atomic mass is 10.3. The van der Waals surface area contributed by atoms with Crippen LogP contribution in [0, 0.1) is 13.8 Å². The molecule has 0 amide bonds. The van der Waals surface area contributed by atoms with Crippen LogP contribution in [0.15, 0.2) is 12.7 Å². The van der Waals surface area contributed by atoms with E-state index in [1.54, 1.807) is 6.08 Å². The van der Waals surface area contributed by atoms with E-state index in [0.29, 0.717) is 18.3 Å². The lowest BCUT2D eigenvalue weighted by Crippen LogP contribution is -2.15.